The van der Waals surface area contributed by atoms with Crippen LogP contribution in [0.25, 0.3) is 0 Å². The topological polar surface area (TPSA) is 17.1 Å². The van der Waals surface area contributed by atoms with Crippen molar-refractivity contribution in [3.05, 3.63) is 11.1 Å². The van der Waals surface area contributed by atoms with Crippen molar-refractivity contribution in [2.24, 2.45) is 5.41 Å². The molecule has 0 aromatic rings. The molecule has 0 unspecified atom stereocenters. The molecule has 1 rings (SSSR count). The highest BCUT2D eigenvalue weighted by Crippen LogP contribution is 2.39. The maximum atomic E-state index is 10.9. The summed E-state index contributed by atoms with van der Waals surface area (Å²) in [7, 11) is 0. The Labute approximate surface area is 87.6 Å². The van der Waals surface area contributed by atoms with Crippen LogP contribution in [-0.4, -0.2) is 5.78 Å². The molecule has 0 aromatic carbocycles. The lowest BCUT2D eigenvalue weighted by Gasteiger charge is -2.32. The maximum Gasteiger partial charge on any atom is 0.130 e. The second kappa shape index (κ2) is 4.29. The molecular weight excluding hydrogens is 172 g/mol. The highest BCUT2D eigenvalue weighted by atomic mass is 16.1. The van der Waals surface area contributed by atoms with Crippen LogP contribution in [0.5, 0.6) is 0 Å². The van der Waals surface area contributed by atoms with E-state index in [2.05, 4.69) is 20.8 Å². The number of Topliss-reactive ketones (excluding diaryl/α,β-unsaturated/α-hetero) is 1. The van der Waals surface area contributed by atoms with Crippen LogP contribution in [0.2, 0.25) is 0 Å². The van der Waals surface area contributed by atoms with Gasteiger partial charge in [-0.2, -0.15) is 0 Å². The molecule has 0 radical (unpaired) electrons. The van der Waals surface area contributed by atoms with E-state index in [1.165, 1.54) is 24.8 Å². The smallest absolute Gasteiger partial charge is 0.130 e. The lowest BCUT2D eigenvalue weighted by atomic mass is 9.74. The monoisotopic (exact) mass is 194 g/mol. The molecule has 0 heterocycles. The number of ketones is 1. The van der Waals surface area contributed by atoms with Crippen LogP contribution in [0.1, 0.15) is 59.8 Å². The van der Waals surface area contributed by atoms with Gasteiger partial charge in [-0.3, -0.25) is 0 Å². The fourth-order valence-corrected chi connectivity index (χ4v) is 2.30. The van der Waals surface area contributed by atoms with Crippen molar-refractivity contribution in [3.63, 3.8) is 0 Å². The molecule has 80 valence electrons. The minimum Gasteiger partial charge on any atom is -0.300 e. The molecule has 1 aliphatic carbocycles. The van der Waals surface area contributed by atoms with E-state index in [1.807, 2.05) is 0 Å². The third kappa shape index (κ3) is 3.28. The fourth-order valence-electron chi connectivity index (χ4n) is 2.30. The van der Waals surface area contributed by atoms with E-state index >= 15 is 0 Å². The van der Waals surface area contributed by atoms with Crippen LogP contribution in [0, 0.1) is 5.41 Å². The van der Waals surface area contributed by atoms with Crippen molar-refractivity contribution < 1.29 is 4.79 Å². The third-order valence-corrected chi connectivity index (χ3v) is 3.23. The Kier molecular flexibility index (Phi) is 3.52. The van der Waals surface area contributed by atoms with E-state index in [4.69, 9.17) is 0 Å². The Hall–Kier alpha value is -0.590. The summed E-state index contributed by atoms with van der Waals surface area (Å²) in [6.07, 6.45) is 5.41. The molecule has 1 aliphatic rings. The van der Waals surface area contributed by atoms with Crippen molar-refractivity contribution in [1.29, 1.82) is 0 Å². The van der Waals surface area contributed by atoms with Gasteiger partial charge in [0, 0.05) is 6.42 Å². The number of carbonyl (C=O) groups is 1. The van der Waals surface area contributed by atoms with Crippen molar-refractivity contribution in [2.45, 2.75) is 59.8 Å². The standard InChI is InChI=1S/C13H22O/c1-10-9-13(3,4)8-7-12(10)6-5-11(2)14/h5-9H2,1-4H3. The first-order valence-electron chi connectivity index (χ1n) is 5.58. The predicted molar refractivity (Wildman–Crippen MR) is 60.2 cm³/mol. The summed E-state index contributed by atoms with van der Waals surface area (Å²) in [6, 6.07) is 0. The van der Waals surface area contributed by atoms with Gasteiger partial charge in [-0.05, 0) is 44.9 Å². The molecule has 0 saturated heterocycles. The van der Waals surface area contributed by atoms with Gasteiger partial charge < -0.3 is 4.79 Å². The van der Waals surface area contributed by atoms with E-state index in [-0.39, 0.29) is 0 Å². The maximum absolute atomic E-state index is 10.9. The summed E-state index contributed by atoms with van der Waals surface area (Å²) < 4.78 is 0. The molecule has 0 amide bonds. The molecule has 0 N–H and O–H groups in total. The molecule has 0 aliphatic heterocycles. The molecule has 1 nitrogen and oxygen atoms in total. The summed E-state index contributed by atoms with van der Waals surface area (Å²) in [5, 5.41) is 0. The quantitative estimate of drug-likeness (QED) is 0.623. The van der Waals surface area contributed by atoms with Gasteiger partial charge >= 0.3 is 0 Å². The minimum atomic E-state index is 0.315. The van der Waals surface area contributed by atoms with Gasteiger partial charge in [0.15, 0.2) is 0 Å². The first-order chi connectivity index (χ1) is 6.41. The Bertz CT molecular complexity index is 258. The van der Waals surface area contributed by atoms with Crippen molar-refractivity contribution >= 4 is 5.78 Å². The Morgan fingerprint density at radius 3 is 2.57 bits per heavy atom. The number of carbonyl (C=O) groups excluding carboxylic acids is 1. The van der Waals surface area contributed by atoms with Crippen molar-refractivity contribution in [3.8, 4) is 0 Å². The second-order valence-corrected chi connectivity index (χ2v) is 5.43. The average molecular weight is 194 g/mol. The van der Waals surface area contributed by atoms with Crippen molar-refractivity contribution in [1.82, 2.24) is 0 Å². The highest BCUT2D eigenvalue weighted by molar-refractivity contribution is 5.75. The molecule has 14 heavy (non-hydrogen) atoms. The van der Waals surface area contributed by atoms with Crippen LogP contribution in [0.3, 0.4) is 0 Å². The summed E-state index contributed by atoms with van der Waals surface area (Å²) in [4.78, 5) is 10.9. The first-order valence-corrected chi connectivity index (χ1v) is 5.58. The summed E-state index contributed by atoms with van der Waals surface area (Å²) in [5.74, 6) is 0.315. The number of hydrogen-bond donors (Lipinski definition) is 0. The van der Waals surface area contributed by atoms with E-state index in [0.717, 1.165) is 12.8 Å². The zero-order valence-corrected chi connectivity index (χ0v) is 9.94. The Balaban J connectivity index is 2.57. The van der Waals surface area contributed by atoms with Crippen molar-refractivity contribution in [2.75, 3.05) is 0 Å². The SMILES string of the molecule is CC(=O)CCC1=C(C)CC(C)(C)CC1. The molecule has 0 aromatic heterocycles. The zero-order valence-electron chi connectivity index (χ0n) is 9.94. The molecule has 0 spiro atoms. The van der Waals surface area contributed by atoms with Gasteiger partial charge in [-0.1, -0.05) is 25.0 Å². The summed E-state index contributed by atoms with van der Waals surface area (Å²) in [6.45, 7) is 8.58. The molecule has 0 fully saturated rings. The second-order valence-electron chi connectivity index (χ2n) is 5.43. The Morgan fingerprint density at radius 2 is 2.07 bits per heavy atom. The largest absolute Gasteiger partial charge is 0.300 e. The lowest BCUT2D eigenvalue weighted by Crippen LogP contribution is -2.17. The van der Waals surface area contributed by atoms with Gasteiger partial charge in [0.2, 0.25) is 0 Å². The zero-order chi connectivity index (χ0) is 10.8. The lowest BCUT2D eigenvalue weighted by molar-refractivity contribution is -0.116. The van der Waals surface area contributed by atoms with E-state index in [9.17, 15) is 4.79 Å². The number of hydrogen-bond acceptors (Lipinski definition) is 1. The molecule has 0 saturated carbocycles. The minimum absolute atomic E-state index is 0.315. The van der Waals surface area contributed by atoms with Gasteiger partial charge in [-0.15, -0.1) is 0 Å². The highest BCUT2D eigenvalue weighted by Gasteiger charge is 2.24. The molecular formula is C13H22O. The van der Waals surface area contributed by atoms with E-state index < -0.39 is 0 Å². The first kappa shape index (κ1) is 11.5. The predicted octanol–water partition coefficient (Wildman–Crippen LogP) is 3.88. The van der Waals surface area contributed by atoms with Gasteiger partial charge in [-0.25, -0.2) is 0 Å². The van der Waals surface area contributed by atoms with Gasteiger partial charge in [0.25, 0.3) is 0 Å². The number of rotatable bonds is 3. The van der Waals surface area contributed by atoms with Crippen LogP contribution in [0.4, 0.5) is 0 Å². The summed E-state index contributed by atoms with van der Waals surface area (Å²) in [5.41, 5.74) is 3.55. The van der Waals surface area contributed by atoms with E-state index in [0.29, 0.717) is 11.2 Å². The van der Waals surface area contributed by atoms with E-state index in [1.54, 1.807) is 12.5 Å². The third-order valence-electron chi connectivity index (χ3n) is 3.23. The van der Waals surface area contributed by atoms with Crippen LogP contribution in [-0.2, 0) is 4.79 Å². The fraction of sp³-hybridized carbons (Fsp3) is 0.769. The molecule has 0 atom stereocenters. The normalized spacial score (nSPS) is 21.1. The van der Waals surface area contributed by atoms with Crippen LogP contribution < -0.4 is 0 Å². The molecule has 0 bridgehead atoms. The summed E-state index contributed by atoms with van der Waals surface area (Å²) >= 11 is 0. The Morgan fingerprint density at radius 1 is 1.43 bits per heavy atom. The van der Waals surface area contributed by atoms with Gasteiger partial charge in [0.1, 0.15) is 5.78 Å². The van der Waals surface area contributed by atoms with Crippen LogP contribution in [0.15, 0.2) is 11.1 Å². The molecule has 1 heteroatoms. The average Bonchev–Trinajstić information content (AvgIpc) is 2.00. The number of allylic oxidation sites excluding steroid dienone is 2. The van der Waals surface area contributed by atoms with Crippen LogP contribution >= 0.6 is 0 Å². The van der Waals surface area contributed by atoms with Gasteiger partial charge in [0.05, 0.1) is 0 Å².